The number of aromatic carboxylic acids is 1. The molecule has 1 aliphatic heterocycles. The molecule has 0 aliphatic carbocycles. The van der Waals surface area contributed by atoms with Crippen molar-refractivity contribution in [2.45, 2.75) is 18.7 Å². The third-order valence-corrected chi connectivity index (χ3v) is 5.66. The van der Waals surface area contributed by atoms with Crippen molar-refractivity contribution in [3.63, 3.8) is 0 Å². The molecule has 1 aromatic rings. The van der Waals surface area contributed by atoms with Gasteiger partial charge in [-0.15, -0.1) is 11.3 Å². The van der Waals surface area contributed by atoms with Crippen molar-refractivity contribution >= 4 is 27.3 Å². The highest BCUT2D eigenvalue weighted by Crippen LogP contribution is 2.28. The van der Waals surface area contributed by atoms with E-state index in [9.17, 15) is 13.2 Å². The molecule has 19 heavy (non-hydrogen) atoms. The Hall–Kier alpha value is -0.960. The minimum Gasteiger partial charge on any atom is -0.477 e. The molecule has 1 fully saturated rings. The maximum atomic E-state index is 12.1. The SMILES string of the molecule is Cc1sc(C(=O)O)cc1S(=O)(=O)NCC1(C)COC1. The Bertz CT molecular complexity index is 601. The summed E-state index contributed by atoms with van der Waals surface area (Å²) in [5, 5.41) is 8.87. The Morgan fingerprint density at radius 1 is 1.58 bits per heavy atom. The van der Waals surface area contributed by atoms with E-state index < -0.39 is 16.0 Å². The Balaban J connectivity index is 2.17. The van der Waals surface area contributed by atoms with Gasteiger partial charge < -0.3 is 9.84 Å². The highest BCUT2D eigenvalue weighted by atomic mass is 32.2. The summed E-state index contributed by atoms with van der Waals surface area (Å²) in [7, 11) is -3.67. The lowest BCUT2D eigenvalue weighted by Gasteiger charge is -2.37. The lowest BCUT2D eigenvalue weighted by Crippen LogP contribution is -2.48. The monoisotopic (exact) mass is 305 g/mol. The number of carbonyl (C=O) groups is 1. The molecule has 0 amide bonds. The van der Waals surface area contributed by atoms with Crippen LogP contribution in [0.2, 0.25) is 0 Å². The lowest BCUT2D eigenvalue weighted by molar-refractivity contribution is -0.0965. The number of hydrogen-bond donors (Lipinski definition) is 2. The van der Waals surface area contributed by atoms with Crippen molar-refractivity contribution in [1.82, 2.24) is 4.72 Å². The molecule has 6 nitrogen and oxygen atoms in total. The van der Waals surface area contributed by atoms with Gasteiger partial charge in [0.15, 0.2) is 0 Å². The average Bonchev–Trinajstić information content (AvgIpc) is 2.67. The number of sulfonamides is 1. The molecule has 8 heteroatoms. The molecule has 1 aromatic heterocycles. The molecule has 2 heterocycles. The van der Waals surface area contributed by atoms with Gasteiger partial charge in [0.25, 0.3) is 0 Å². The second kappa shape index (κ2) is 4.86. The van der Waals surface area contributed by atoms with Gasteiger partial charge in [-0.05, 0) is 13.0 Å². The van der Waals surface area contributed by atoms with Crippen molar-refractivity contribution in [1.29, 1.82) is 0 Å². The highest BCUT2D eigenvalue weighted by molar-refractivity contribution is 7.89. The zero-order valence-corrected chi connectivity index (χ0v) is 12.2. The van der Waals surface area contributed by atoms with Gasteiger partial charge in [0.1, 0.15) is 4.88 Å². The molecule has 1 saturated heterocycles. The van der Waals surface area contributed by atoms with Crippen LogP contribution >= 0.6 is 11.3 Å². The molecule has 2 rings (SSSR count). The number of thiophene rings is 1. The van der Waals surface area contributed by atoms with Gasteiger partial charge in [-0.1, -0.05) is 6.92 Å². The Kier molecular flexibility index (Phi) is 3.69. The molecule has 0 atom stereocenters. The highest BCUT2D eigenvalue weighted by Gasteiger charge is 2.35. The molecular formula is C11H15NO5S2. The fourth-order valence-corrected chi connectivity index (χ4v) is 4.36. The number of carboxylic acids is 1. The minimum atomic E-state index is -3.67. The molecule has 1 aliphatic rings. The van der Waals surface area contributed by atoms with Gasteiger partial charge in [-0.2, -0.15) is 0 Å². The van der Waals surface area contributed by atoms with E-state index in [2.05, 4.69) is 4.72 Å². The largest absolute Gasteiger partial charge is 0.477 e. The summed E-state index contributed by atoms with van der Waals surface area (Å²) in [6.45, 7) is 4.87. The summed E-state index contributed by atoms with van der Waals surface area (Å²) in [4.78, 5) is 11.4. The Labute approximate surface area is 115 Å². The number of nitrogens with one attached hydrogen (secondary N) is 1. The van der Waals surface area contributed by atoms with E-state index in [0.29, 0.717) is 18.1 Å². The van der Waals surface area contributed by atoms with Crippen LogP contribution in [0.4, 0.5) is 0 Å². The molecule has 0 saturated carbocycles. The van der Waals surface area contributed by atoms with Crippen molar-refractivity contribution in [2.24, 2.45) is 5.41 Å². The molecule has 0 aromatic carbocycles. The summed E-state index contributed by atoms with van der Waals surface area (Å²) in [5.41, 5.74) is -0.174. The Morgan fingerprint density at radius 2 is 2.21 bits per heavy atom. The van der Waals surface area contributed by atoms with Crippen LogP contribution < -0.4 is 4.72 Å². The molecule has 2 N–H and O–H groups in total. The third-order valence-electron chi connectivity index (χ3n) is 2.96. The van der Waals surface area contributed by atoms with E-state index in [1.54, 1.807) is 6.92 Å². The zero-order valence-electron chi connectivity index (χ0n) is 10.6. The fraction of sp³-hybridized carbons (Fsp3) is 0.545. The molecule has 0 unspecified atom stereocenters. The van der Waals surface area contributed by atoms with Crippen LogP contribution in [0.1, 0.15) is 21.5 Å². The van der Waals surface area contributed by atoms with Crippen molar-refractivity contribution in [3.05, 3.63) is 15.8 Å². The van der Waals surface area contributed by atoms with Crippen molar-refractivity contribution in [3.8, 4) is 0 Å². The number of carboxylic acid groups (broad SMARTS) is 1. The van der Waals surface area contributed by atoms with E-state index in [1.165, 1.54) is 6.07 Å². The van der Waals surface area contributed by atoms with Gasteiger partial charge in [0.05, 0.1) is 18.1 Å². The standard InChI is InChI=1S/C11H15NO5S2/c1-7-9(3-8(18-7)10(13)14)19(15,16)12-4-11(2)5-17-6-11/h3,12H,4-6H2,1-2H3,(H,13,14). The normalized spacial score (nSPS) is 18.0. The topological polar surface area (TPSA) is 92.7 Å². The number of aryl methyl sites for hydroxylation is 1. The summed E-state index contributed by atoms with van der Waals surface area (Å²) < 4.78 is 31.8. The van der Waals surface area contributed by atoms with Crippen LogP contribution in [-0.4, -0.2) is 39.3 Å². The minimum absolute atomic E-state index is 0.0241. The number of hydrogen-bond acceptors (Lipinski definition) is 5. The number of rotatable bonds is 5. The summed E-state index contributed by atoms with van der Waals surface area (Å²) in [6, 6.07) is 1.20. The van der Waals surface area contributed by atoms with Gasteiger partial charge in [-0.3, -0.25) is 0 Å². The van der Waals surface area contributed by atoms with E-state index in [0.717, 1.165) is 11.3 Å². The van der Waals surface area contributed by atoms with Gasteiger partial charge >= 0.3 is 5.97 Å². The zero-order chi connectivity index (χ0) is 14.3. The average molecular weight is 305 g/mol. The first-order valence-electron chi connectivity index (χ1n) is 5.65. The van der Waals surface area contributed by atoms with E-state index >= 15 is 0 Å². The molecule has 106 valence electrons. The van der Waals surface area contributed by atoms with Crippen LogP contribution in [0.25, 0.3) is 0 Å². The second-order valence-corrected chi connectivity index (χ2v) is 7.96. The van der Waals surface area contributed by atoms with E-state index in [1.807, 2.05) is 6.92 Å². The number of ether oxygens (including phenoxy) is 1. The summed E-state index contributed by atoms with van der Waals surface area (Å²) in [5.74, 6) is -1.12. The van der Waals surface area contributed by atoms with Crippen molar-refractivity contribution < 1.29 is 23.1 Å². The van der Waals surface area contributed by atoms with Crippen LogP contribution in [-0.2, 0) is 14.8 Å². The van der Waals surface area contributed by atoms with Crippen LogP contribution in [0.3, 0.4) is 0 Å². The Morgan fingerprint density at radius 3 is 2.63 bits per heavy atom. The fourth-order valence-electron chi connectivity index (χ4n) is 1.74. The summed E-state index contributed by atoms with van der Waals surface area (Å²) in [6.07, 6.45) is 0. The molecule has 0 bridgehead atoms. The van der Waals surface area contributed by atoms with Crippen LogP contribution in [0.5, 0.6) is 0 Å². The smallest absolute Gasteiger partial charge is 0.345 e. The first-order chi connectivity index (χ1) is 8.73. The lowest BCUT2D eigenvalue weighted by atomic mass is 9.89. The van der Waals surface area contributed by atoms with Gasteiger partial charge in [0.2, 0.25) is 10.0 Å². The second-order valence-electron chi connectivity index (χ2n) is 4.96. The maximum Gasteiger partial charge on any atom is 0.345 e. The first kappa shape index (κ1) is 14.4. The maximum absolute atomic E-state index is 12.1. The molecular weight excluding hydrogens is 290 g/mol. The van der Waals surface area contributed by atoms with Gasteiger partial charge in [-0.25, -0.2) is 17.9 Å². The molecule has 0 spiro atoms. The third kappa shape index (κ3) is 2.97. The summed E-state index contributed by atoms with van der Waals surface area (Å²) >= 11 is 0.959. The van der Waals surface area contributed by atoms with Crippen molar-refractivity contribution in [2.75, 3.05) is 19.8 Å². The predicted octanol–water partition coefficient (Wildman–Crippen LogP) is 1.07. The van der Waals surface area contributed by atoms with Gasteiger partial charge in [0, 0.05) is 16.8 Å². The van der Waals surface area contributed by atoms with Crippen LogP contribution in [0.15, 0.2) is 11.0 Å². The quantitative estimate of drug-likeness (QED) is 0.849. The first-order valence-corrected chi connectivity index (χ1v) is 7.95. The van der Waals surface area contributed by atoms with E-state index in [-0.39, 0.29) is 21.7 Å². The predicted molar refractivity (Wildman–Crippen MR) is 70.1 cm³/mol. The van der Waals surface area contributed by atoms with E-state index in [4.69, 9.17) is 9.84 Å². The van der Waals surface area contributed by atoms with Crippen LogP contribution in [0, 0.1) is 12.3 Å². The molecule has 0 radical (unpaired) electrons.